The summed E-state index contributed by atoms with van der Waals surface area (Å²) in [6.07, 6.45) is 1.59. The third-order valence-corrected chi connectivity index (χ3v) is 6.82. The number of ether oxygens (including phenoxy) is 4. The van der Waals surface area contributed by atoms with Crippen LogP contribution in [0.5, 0.6) is 17.2 Å². The fourth-order valence-corrected chi connectivity index (χ4v) is 5.36. The summed E-state index contributed by atoms with van der Waals surface area (Å²) in [6, 6.07) is 11.6. The Kier molecular flexibility index (Phi) is 8.35. The summed E-state index contributed by atoms with van der Waals surface area (Å²) in [7, 11) is 1.47. The molecule has 1 atom stereocenters. The van der Waals surface area contributed by atoms with Crippen molar-refractivity contribution >= 4 is 29.4 Å². The number of methoxy groups -OCH3 is 1. The van der Waals surface area contributed by atoms with Crippen LogP contribution < -0.4 is 29.1 Å². The van der Waals surface area contributed by atoms with Gasteiger partial charge in [0.25, 0.3) is 5.56 Å². The first-order chi connectivity index (χ1) is 18.6. The molecule has 39 heavy (non-hydrogen) atoms. The van der Waals surface area contributed by atoms with Gasteiger partial charge in [0.1, 0.15) is 11.8 Å². The van der Waals surface area contributed by atoms with Crippen molar-refractivity contribution in [3.63, 3.8) is 0 Å². The van der Waals surface area contributed by atoms with Crippen LogP contribution in [0.25, 0.3) is 6.08 Å². The van der Waals surface area contributed by atoms with E-state index in [-0.39, 0.29) is 29.6 Å². The fraction of sp³-hybridized carbons (Fsp3) is 0.310. The monoisotopic (exact) mass is 550 g/mol. The molecule has 1 aliphatic rings. The van der Waals surface area contributed by atoms with Gasteiger partial charge in [0, 0.05) is 12.5 Å². The smallest absolute Gasteiger partial charge is 0.338 e. The van der Waals surface area contributed by atoms with Crippen molar-refractivity contribution in [1.29, 1.82) is 0 Å². The van der Waals surface area contributed by atoms with Crippen LogP contribution in [-0.2, 0) is 14.3 Å². The Balaban J connectivity index is 1.93. The average molecular weight is 551 g/mol. The number of allylic oxidation sites excluding steroid dienone is 1. The van der Waals surface area contributed by atoms with Crippen LogP contribution in [0.15, 0.2) is 63.5 Å². The number of fused-ring (bicyclic) bond motifs is 1. The predicted molar refractivity (Wildman–Crippen MR) is 147 cm³/mol. The predicted octanol–water partition coefficient (Wildman–Crippen LogP) is 3.52. The molecule has 0 N–H and O–H groups in total. The quantitative estimate of drug-likeness (QED) is 0.312. The maximum atomic E-state index is 13.9. The van der Waals surface area contributed by atoms with Gasteiger partial charge in [-0.2, -0.15) is 0 Å². The number of benzene rings is 2. The Morgan fingerprint density at radius 1 is 1.13 bits per heavy atom. The van der Waals surface area contributed by atoms with Gasteiger partial charge in [0.2, 0.25) is 0 Å². The van der Waals surface area contributed by atoms with Crippen LogP contribution in [0.3, 0.4) is 0 Å². The minimum absolute atomic E-state index is 0.122. The van der Waals surface area contributed by atoms with E-state index >= 15 is 0 Å². The molecule has 0 aliphatic carbocycles. The summed E-state index contributed by atoms with van der Waals surface area (Å²) in [5, 5.41) is 0. The molecule has 1 aromatic heterocycles. The van der Waals surface area contributed by atoms with Crippen molar-refractivity contribution < 1.29 is 28.5 Å². The van der Waals surface area contributed by atoms with Gasteiger partial charge in [-0.15, -0.1) is 0 Å². The molecule has 204 valence electrons. The van der Waals surface area contributed by atoms with E-state index in [4.69, 9.17) is 18.9 Å². The number of hydrogen-bond donors (Lipinski definition) is 0. The van der Waals surface area contributed by atoms with E-state index in [0.29, 0.717) is 37.7 Å². The van der Waals surface area contributed by atoms with E-state index < -0.39 is 18.0 Å². The van der Waals surface area contributed by atoms with E-state index in [1.165, 1.54) is 29.9 Å². The summed E-state index contributed by atoms with van der Waals surface area (Å²) in [4.78, 5) is 43.5. The standard InChI is InChI=1S/C29H30N2O7S/c1-7-36-28(34)25-17(4)30-29-31(26(25)20-10-8-9-11-21(20)37-16(2)3)27(33)24(39-29)15-19-12-13-22(38-18(5)32)23(14-19)35-6/h8-16,26H,7H2,1-6H3. The first-order valence-corrected chi connectivity index (χ1v) is 13.3. The van der Waals surface area contributed by atoms with Gasteiger partial charge in [-0.05, 0) is 57.5 Å². The second-order valence-corrected chi connectivity index (χ2v) is 10.0. The number of hydrogen-bond acceptors (Lipinski definition) is 9. The number of aromatic nitrogens is 1. The van der Waals surface area contributed by atoms with Crippen molar-refractivity contribution in [3.05, 3.63) is 84.5 Å². The first-order valence-electron chi connectivity index (χ1n) is 12.5. The Morgan fingerprint density at radius 2 is 1.87 bits per heavy atom. The highest BCUT2D eigenvalue weighted by atomic mass is 32.1. The summed E-state index contributed by atoms with van der Waals surface area (Å²) in [5.74, 6) is 0.186. The lowest BCUT2D eigenvalue weighted by molar-refractivity contribution is -0.139. The number of thiazole rings is 1. The molecule has 0 radical (unpaired) electrons. The minimum Gasteiger partial charge on any atom is -0.493 e. The van der Waals surface area contributed by atoms with Crippen LogP contribution in [0.4, 0.5) is 0 Å². The van der Waals surface area contributed by atoms with Crippen LogP contribution >= 0.6 is 11.3 Å². The fourth-order valence-electron chi connectivity index (χ4n) is 4.32. The summed E-state index contributed by atoms with van der Waals surface area (Å²) < 4.78 is 23.9. The zero-order valence-corrected chi connectivity index (χ0v) is 23.5. The van der Waals surface area contributed by atoms with E-state index in [1.807, 2.05) is 38.1 Å². The lowest BCUT2D eigenvalue weighted by atomic mass is 9.95. The molecule has 0 spiro atoms. The van der Waals surface area contributed by atoms with Crippen LogP contribution in [-0.4, -0.2) is 36.3 Å². The Hall–Kier alpha value is -4.18. The van der Waals surface area contributed by atoms with Crippen LogP contribution in [0, 0.1) is 0 Å². The van der Waals surface area contributed by atoms with Gasteiger partial charge in [-0.25, -0.2) is 9.79 Å². The van der Waals surface area contributed by atoms with Gasteiger partial charge in [0.15, 0.2) is 16.3 Å². The molecule has 1 aliphatic heterocycles. The number of carbonyl (C=O) groups is 2. The zero-order chi connectivity index (χ0) is 28.3. The van der Waals surface area contributed by atoms with E-state index in [1.54, 1.807) is 38.1 Å². The molecule has 9 nitrogen and oxygen atoms in total. The van der Waals surface area contributed by atoms with Gasteiger partial charge < -0.3 is 18.9 Å². The Labute approximate surface area is 229 Å². The van der Waals surface area contributed by atoms with Crippen molar-refractivity contribution in [2.75, 3.05) is 13.7 Å². The minimum atomic E-state index is -0.793. The molecule has 2 aromatic carbocycles. The number of nitrogens with zero attached hydrogens (tertiary/aromatic N) is 2. The van der Waals surface area contributed by atoms with E-state index in [0.717, 1.165) is 0 Å². The Morgan fingerprint density at radius 3 is 2.54 bits per heavy atom. The summed E-state index contributed by atoms with van der Waals surface area (Å²) in [6.45, 7) is 8.78. The SMILES string of the molecule is CCOC(=O)C1=C(C)N=c2sc(=Cc3ccc(OC(C)=O)c(OC)c3)c(=O)n2C1c1ccccc1OC(C)C. The molecular formula is C29H30N2O7S. The van der Waals surface area contributed by atoms with E-state index in [2.05, 4.69) is 4.99 Å². The lowest BCUT2D eigenvalue weighted by Crippen LogP contribution is -2.40. The molecular weight excluding hydrogens is 520 g/mol. The normalized spacial score (nSPS) is 15.1. The number of rotatable bonds is 8. The average Bonchev–Trinajstić information content (AvgIpc) is 3.18. The third kappa shape index (κ3) is 5.80. The van der Waals surface area contributed by atoms with Crippen molar-refractivity contribution in [3.8, 4) is 17.2 Å². The summed E-state index contributed by atoms with van der Waals surface area (Å²) >= 11 is 1.21. The highest BCUT2D eigenvalue weighted by Crippen LogP contribution is 2.36. The molecule has 10 heteroatoms. The lowest BCUT2D eigenvalue weighted by Gasteiger charge is -2.26. The zero-order valence-electron chi connectivity index (χ0n) is 22.6. The third-order valence-electron chi connectivity index (χ3n) is 5.83. The van der Waals surface area contributed by atoms with Crippen molar-refractivity contribution in [1.82, 2.24) is 4.57 Å². The molecule has 4 rings (SSSR count). The number of carbonyl (C=O) groups excluding carboxylic acids is 2. The maximum Gasteiger partial charge on any atom is 0.338 e. The highest BCUT2D eigenvalue weighted by Gasteiger charge is 2.35. The second-order valence-electron chi connectivity index (χ2n) is 9.01. The van der Waals surface area contributed by atoms with Crippen LogP contribution in [0.2, 0.25) is 0 Å². The van der Waals surface area contributed by atoms with Gasteiger partial charge in [-0.1, -0.05) is 35.6 Å². The molecule has 3 aromatic rings. The van der Waals surface area contributed by atoms with Gasteiger partial charge in [0.05, 0.1) is 35.6 Å². The Bertz CT molecular complexity index is 1630. The van der Waals surface area contributed by atoms with Gasteiger partial charge >= 0.3 is 11.9 Å². The number of esters is 2. The maximum absolute atomic E-state index is 13.9. The first kappa shape index (κ1) is 27.8. The molecule has 0 amide bonds. The molecule has 0 saturated carbocycles. The molecule has 0 bridgehead atoms. The van der Waals surface area contributed by atoms with Gasteiger partial charge in [-0.3, -0.25) is 14.2 Å². The van der Waals surface area contributed by atoms with Crippen molar-refractivity contribution in [2.24, 2.45) is 4.99 Å². The topological polar surface area (TPSA) is 105 Å². The van der Waals surface area contributed by atoms with E-state index in [9.17, 15) is 14.4 Å². The molecule has 0 fully saturated rings. The summed E-state index contributed by atoms with van der Waals surface area (Å²) in [5.41, 5.74) is 1.75. The van der Waals surface area contributed by atoms with Crippen LogP contribution in [0.1, 0.15) is 51.8 Å². The number of para-hydroxylation sites is 1. The van der Waals surface area contributed by atoms with Crippen molar-refractivity contribution in [2.45, 2.75) is 46.8 Å². The molecule has 0 saturated heterocycles. The molecule has 2 heterocycles. The second kappa shape index (κ2) is 11.7. The largest absolute Gasteiger partial charge is 0.493 e. The highest BCUT2D eigenvalue weighted by molar-refractivity contribution is 7.07. The molecule has 1 unspecified atom stereocenters.